The number of aliphatic hydroxyl groups excluding tert-OH is 4. The lowest BCUT2D eigenvalue weighted by atomic mass is 9.49. The molecule has 12 heteroatoms. The number of fused-ring (bicyclic) bond motifs is 4. The lowest BCUT2D eigenvalue weighted by Gasteiger charge is -2.65. The van der Waals surface area contributed by atoms with Crippen LogP contribution in [0.2, 0.25) is 0 Å². The van der Waals surface area contributed by atoms with Crippen LogP contribution in [0.1, 0.15) is 57.8 Å². The summed E-state index contributed by atoms with van der Waals surface area (Å²) < 4.78 is 23.6. The van der Waals surface area contributed by atoms with Crippen molar-refractivity contribution in [2.24, 2.45) is 16.7 Å². The van der Waals surface area contributed by atoms with E-state index in [-0.39, 0.29) is 36.2 Å². The smallest absolute Gasteiger partial charge is 0.338 e. The summed E-state index contributed by atoms with van der Waals surface area (Å²) in [5.74, 6) is -3.73. The average Bonchev–Trinajstić information content (AvgIpc) is 3.17. The molecule has 12 nitrogen and oxygen atoms in total. The Morgan fingerprint density at radius 1 is 1.05 bits per heavy atom. The second kappa shape index (κ2) is 10.6. The molecule has 3 aliphatic carbocycles. The Morgan fingerprint density at radius 2 is 1.70 bits per heavy atom. The van der Waals surface area contributed by atoms with Crippen LogP contribution in [-0.2, 0) is 28.5 Å². The molecular weight excluding hydrogens is 564 g/mol. The molecule has 236 valence electrons. The molecule has 0 radical (unpaired) electrons. The number of hydrogen-bond donors (Lipinski definition) is 5. The highest BCUT2D eigenvalue weighted by Crippen LogP contribution is 2.67. The number of hydrogen-bond acceptors (Lipinski definition) is 12. The van der Waals surface area contributed by atoms with Crippen LogP contribution in [0.4, 0.5) is 0 Å². The van der Waals surface area contributed by atoms with Crippen molar-refractivity contribution in [3.63, 3.8) is 0 Å². The van der Waals surface area contributed by atoms with Gasteiger partial charge in [-0.2, -0.15) is 0 Å². The summed E-state index contributed by atoms with van der Waals surface area (Å²) in [6.07, 6.45) is -9.39. The SMILES string of the molecule is CC(=O)OC[C@@]12[C@H]([C@H](OC(=O)c3ccccc3)[C@]3(C(C)(C)O)C[C@H](O)C(C)=C3[C@@H](O)[C@@H]1O)[C@]1(OC(C)=O)CO[C@@H]1C[C@@H]2O. The van der Waals surface area contributed by atoms with Crippen LogP contribution in [0.15, 0.2) is 41.5 Å². The van der Waals surface area contributed by atoms with E-state index in [1.807, 2.05) is 0 Å². The van der Waals surface area contributed by atoms with Crippen LogP contribution >= 0.6 is 0 Å². The molecular formula is C31H40O12. The first-order chi connectivity index (χ1) is 20.0. The molecule has 5 rings (SSSR count). The van der Waals surface area contributed by atoms with Gasteiger partial charge in [-0.25, -0.2) is 4.79 Å². The van der Waals surface area contributed by atoms with Gasteiger partial charge in [-0.05, 0) is 50.5 Å². The molecule has 0 bridgehead atoms. The van der Waals surface area contributed by atoms with Crippen molar-refractivity contribution < 1.29 is 58.9 Å². The summed E-state index contributed by atoms with van der Waals surface area (Å²) in [7, 11) is 0. The van der Waals surface area contributed by atoms with E-state index in [0.717, 1.165) is 6.92 Å². The minimum absolute atomic E-state index is 0.0319. The standard InChI is InChI=1S/C31H40O12/c1-15-19(34)12-30(28(4,5)39)22(15)23(36)25(37)29(13-40-16(2)32)20(35)11-21-31(14-41-21,43-17(3)33)24(29)26(30)42-27(38)18-9-7-6-8-10-18/h6-10,19-21,23-26,34-37,39H,11-14H2,1-5H3/t19-,20-,21+,23+,24-,25-,26-,29+,30-,31-/m0/s1. The molecule has 1 saturated heterocycles. The van der Waals surface area contributed by atoms with Crippen LogP contribution in [0.25, 0.3) is 0 Å². The third kappa shape index (κ3) is 4.45. The summed E-state index contributed by atoms with van der Waals surface area (Å²) >= 11 is 0. The average molecular weight is 605 g/mol. The van der Waals surface area contributed by atoms with E-state index in [4.69, 9.17) is 18.9 Å². The Hall–Kier alpha value is -2.87. The van der Waals surface area contributed by atoms with Gasteiger partial charge in [0, 0.05) is 20.3 Å². The van der Waals surface area contributed by atoms with Gasteiger partial charge in [0.15, 0.2) is 5.60 Å². The van der Waals surface area contributed by atoms with E-state index in [2.05, 4.69) is 0 Å². The summed E-state index contributed by atoms with van der Waals surface area (Å²) in [5, 5.41) is 59.2. The Labute approximate surface area is 249 Å². The number of carbonyl (C=O) groups excluding carboxylic acids is 3. The maximum atomic E-state index is 13.9. The molecule has 1 aromatic carbocycles. The van der Waals surface area contributed by atoms with E-state index >= 15 is 0 Å². The molecule has 0 unspecified atom stereocenters. The van der Waals surface area contributed by atoms with Crippen LogP contribution < -0.4 is 0 Å². The third-order valence-electron chi connectivity index (χ3n) is 10.3. The van der Waals surface area contributed by atoms with Gasteiger partial charge < -0.3 is 44.5 Å². The van der Waals surface area contributed by atoms with E-state index in [9.17, 15) is 39.9 Å². The van der Waals surface area contributed by atoms with Crippen molar-refractivity contribution >= 4 is 17.9 Å². The van der Waals surface area contributed by atoms with Gasteiger partial charge in [-0.15, -0.1) is 0 Å². The minimum Gasteiger partial charge on any atom is -0.465 e. The highest BCUT2D eigenvalue weighted by molar-refractivity contribution is 5.89. The Bertz CT molecular complexity index is 1320. The van der Waals surface area contributed by atoms with Crippen molar-refractivity contribution in [1.82, 2.24) is 0 Å². The summed E-state index contributed by atoms with van der Waals surface area (Å²) in [5.41, 5.74) is -6.86. The molecule has 1 aliphatic heterocycles. The summed E-state index contributed by atoms with van der Waals surface area (Å²) in [6, 6.07) is 8.00. The maximum absolute atomic E-state index is 13.9. The number of ether oxygens (including phenoxy) is 4. The maximum Gasteiger partial charge on any atom is 0.338 e. The van der Waals surface area contributed by atoms with Crippen molar-refractivity contribution in [2.45, 2.75) is 95.3 Å². The molecule has 0 aromatic heterocycles. The molecule has 4 aliphatic rings. The zero-order valence-electron chi connectivity index (χ0n) is 24.9. The van der Waals surface area contributed by atoms with Crippen molar-refractivity contribution in [3.8, 4) is 0 Å². The monoisotopic (exact) mass is 604 g/mol. The van der Waals surface area contributed by atoms with Gasteiger partial charge in [0.1, 0.15) is 24.9 Å². The van der Waals surface area contributed by atoms with E-state index in [1.54, 1.807) is 25.1 Å². The van der Waals surface area contributed by atoms with Crippen molar-refractivity contribution in [3.05, 3.63) is 47.0 Å². The lowest BCUT2D eigenvalue weighted by Crippen LogP contribution is -2.80. The largest absolute Gasteiger partial charge is 0.465 e. The summed E-state index contributed by atoms with van der Waals surface area (Å²) in [4.78, 5) is 38.7. The molecule has 0 spiro atoms. The first-order valence-electron chi connectivity index (χ1n) is 14.4. The first-order valence-corrected chi connectivity index (χ1v) is 14.4. The van der Waals surface area contributed by atoms with Crippen LogP contribution in [0.3, 0.4) is 0 Å². The normalized spacial score (nSPS) is 40.3. The van der Waals surface area contributed by atoms with Crippen LogP contribution in [-0.4, -0.2) is 104 Å². The van der Waals surface area contributed by atoms with Gasteiger partial charge in [-0.3, -0.25) is 9.59 Å². The Balaban J connectivity index is 1.88. The zero-order valence-corrected chi connectivity index (χ0v) is 24.9. The third-order valence-corrected chi connectivity index (χ3v) is 10.3. The molecule has 3 fully saturated rings. The second-order valence-corrected chi connectivity index (χ2v) is 12.9. The fraction of sp³-hybridized carbons (Fsp3) is 0.645. The number of esters is 3. The van der Waals surface area contributed by atoms with E-state index in [1.165, 1.54) is 32.9 Å². The van der Waals surface area contributed by atoms with Gasteiger partial charge in [0.25, 0.3) is 0 Å². The molecule has 1 heterocycles. The second-order valence-electron chi connectivity index (χ2n) is 12.9. The molecule has 2 saturated carbocycles. The van der Waals surface area contributed by atoms with Crippen LogP contribution in [0, 0.1) is 16.7 Å². The fourth-order valence-corrected chi connectivity index (χ4v) is 8.31. The van der Waals surface area contributed by atoms with Crippen molar-refractivity contribution in [2.75, 3.05) is 13.2 Å². The zero-order chi connectivity index (χ0) is 31.7. The molecule has 43 heavy (non-hydrogen) atoms. The highest BCUT2D eigenvalue weighted by atomic mass is 16.6. The fourth-order valence-electron chi connectivity index (χ4n) is 8.31. The predicted molar refractivity (Wildman–Crippen MR) is 147 cm³/mol. The molecule has 5 N–H and O–H groups in total. The summed E-state index contributed by atoms with van der Waals surface area (Å²) in [6.45, 7) is 5.84. The Morgan fingerprint density at radius 3 is 2.23 bits per heavy atom. The number of carbonyl (C=O) groups is 3. The van der Waals surface area contributed by atoms with Gasteiger partial charge in [0.2, 0.25) is 0 Å². The molecule has 1 aromatic rings. The van der Waals surface area contributed by atoms with Gasteiger partial charge in [0.05, 0.1) is 52.8 Å². The number of benzene rings is 1. The van der Waals surface area contributed by atoms with Gasteiger partial charge in [-0.1, -0.05) is 18.2 Å². The molecule has 0 amide bonds. The number of rotatable bonds is 6. The first kappa shape index (κ1) is 31.6. The van der Waals surface area contributed by atoms with E-state index in [0.29, 0.717) is 0 Å². The van der Waals surface area contributed by atoms with Gasteiger partial charge >= 0.3 is 17.9 Å². The number of aliphatic hydroxyl groups is 5. The molecule has 10 atom stereocenters. The quantitative estimate of drug-likeness (QED) is 0.171. The van der Waals surface area contributed by atoms with Crippen molar-refractivity contribution in [1.29, 1.82) is 0 Å². The highest BCUT2D eigenvalue weighted by Gasteiger charge is 2.80. The Kier molecular flexibility index (Phi) is 7.81. The minimum atomic E-state index is -2.00. The van der Waals surface area contributed by atoms with Crippen LogP contribution in [0.5, 0.6) is 0 Å². The lowest BCUT2D eigenvalue weighted by molar-refractivity contribution is -0.358. The topological polar surface area (TPSA) is 189 Å². The predicted octanol–water partition coefficient (Wildman–Crippen LogP) is 0.417. The van der Waals surface area contributed by atoms with E-state index < -0.39 is 89.1 Å².